The average Bonchev–Trinajstić information content (AvgIpc) is 3.23. The number of aromatic nitrogens is 4. The summed E-state index contributed by atoms with van der Waals surface area (Å²) in [6.07, 6.45) is 4.77. The highest BCUT2D eigenvalue weighted by atomic mass is 127. The lowest BCUT2D eigenvalue weighted by molar-refractivity contribution is 0.398. The molecule has 0 fully saturated rings. The van der Waals surface area contributed by atoms with Crippen molar-refractivity contribution in [2.75, 3.05) is 13.6 Å². The van der Waals surface area contributed by atoms with Crippen molar-refractivity contribution in [3.05, 3.63) is 47.4 Å². The van der Waals surface area contributed by atoms with Gasteiger partial charge in [0.1, 0.15) is 17.5 Å². The maximum Gasteiger partial charge on any atom is 0.191 e. The van der Waals surface area contributed by atoms with Gasteiger partial charge in [0.2, 0.25) is 0 Å². The van der Waals surface area contributed by atoms with Gasteiger partial charge >= 0.3 is 0 Å². The molecular weight excluding hydrogens is 472 g/mol. The van der Waals surface area contributed by atoms with E-state index in [1.54, 1.807) is 19.2 Å². The van der Waals surface area contributed by atoms with E-state index < -0.39 is 0 Å². The Bertz CT molecular complexity index is 978. The maximum atomic E-state index is 13.5. The highest BCUT2D eigenvalue weighted by molar-refractivity contribution is 14.0. The Morgan fingerprint density at radius 1 is 1.43 bits per heavy atom. The van der Waals surface area contributed by atoms with Gasteiger partial charge in [-0.25, -0.2) is 14.1 Å². The van der Waals surface area contributed by atoms with Gasteiger partial charge in [-0.05, 0) is 49.9 Å². The summed E-state index contributed by atoms with van der Waals surface area (Å²) in [5, 5.41) is 12.2. The van der Waals surface area contributed by atoms with Crippen molar-refractivity contribution in [3.8, 4) is 0 Å². The second kappa shape index (κ2) is 8.89. The van der Waals surface area contributed by atoms with Crippen LogP contribution in [0.3, 0.4) is 0 Å². The molecule has 28 heavy (non-hydrogen) atoms. The molecule has 1 unspecified atom stereocenters. The molecule has 4 rings (SSSR count). The van der Waals surface area contributed by atoms with Crippen LogP contribution in [-0.2, 0) is 13.0 Å². The van der Waals surface area contributed by atoms with Gasteiger partial charge in [0.25, 0.3) is 0 Å². The fourth-order valence-electron chi connectivity index (χ4n) is 3.64. The van der Waals surface area contributed by atoms with Crippen LogP contribution in [0.1, 0.15) is 36.1 Å². The molecule has 0 amide bonds. The highest BCUT2D eigenvalue weighted by Gasteiger charge is 2.24. The summed E-state index contributed by atoms with van der Waals surface area (Å²) >= 11 is 0. The van der Waals surface area contributed by atoms with E-state index in [-0.39, 0.29) is 35.8 Å². The topological polar surface area (TPSA) is 82.9 Å². The van der Waals surface area contributed by atoms with Crippen LogP contribution in [0.5, 0.6) is 0 Å². The number of hydrogen-bond donors (Lipinski definition) is 3. The zero-order valence-corrected chi connectivity index (χ0v) is 18.3. The van der Waals surface area contributed by atoms with Crippen LogP contribution in [0.4, 0.5) is 4.39 Å². The molecule has 0 saturated carbocycles. The van der Waals surface area contributed by atoms with Crippen molar-refractivity contribution in [1.82, 2.24) is 30.4 Å². The van der Waals surface area contributed by atoms with Crippen LogP contribution < -0.4 is 10.6 Å². The Morgan fingerprint density at radius 3 is 3.11 bits per heavy atom. The van der Waals surface area contributed by atoms with Crippen molar-refractivity contribution in [3.63, 3.8) is 0 Å². The number of benzene rings is 1. The molecule has 1 atom stereocenters. The fraction of sp³-hybridized carbons (Fsp3) is 0.421. The molecule has 9 heteroatoms. The van der Waals surface area contributed by atoms with Crippen LogP contribution >= 0.6 is 24.0 Å². The lowest BCUT2D eigenvalue weighted by Gasteiger charge is -2.25. The number of fused-ring (bicyclic) bond motifs is 2. The van der Waals surface area contributed by atoms with Crippen molar-refractivity contribution >= 4 is 40.8 Å². The molecule has 3 heterocycles. The second-order valence-corrected chi connectivity index (χ2v) is 6.83. The van der Waals surface area contributed by atoms with Gasteiger partial charge in [-0.2, -0.15) is 5.10 Å². The van der Waals surface area contributed by atoms with Crippen molar-refractivity contribution in [2.45, 2.75) is 38.8 Å². The summed E-state index contributed by atoms with van der Waals surface area (Å²) in [4.78, 5) is 12.1. The van der Waals surface area contributed by atoms with E-state index in [0.29, 0.717) is 6.54 Å². The maximum absolute atomic E-state index is 13.5. The fourth-order valence-corrected chi connectivity index (χ4v) is 3.64. The number of hydrogen-bond acceptors (Lipinski definition) is 3. The first-order chi connectivity index (χ1) is 13.1. The molecule has 1 aliphatic rings. The molecule has 0 saturated heterocycles. The van der Waals surface area contributed by atoms with E-state index in [1.165, 1.54) is 6.07 Å². The first-order valence-electron chi connectivity index (χ1n) is 9.28. The van der Waals surface area contributed by atoms with E-state index in [9.17, 15) is 4.39 Å². The summed E-state index contributed by atoms with van der Waals surface area (Å²) in [5.74, 6) is 2.28. The number of nitrogens with one attached hydrogen (secondary N) is 3. The zero-order valence-electron chi connectivity index (χ0n) is 16.0. The van der Waals surface area contributed by atoms with Gasteiger partial charge in [-0.15, -0.1) is 24.0 Å². The van der Waals surface area contributed by atoms with Crippen LogP contribution in [0, 0.1) is 12.7 Å². The smallest absolute Gasteiger partial charge is 0.191 e. The minimum Gasteiger partial charge on any atom is -0.361 e. The summed E-state index contributed by atoms with van der Waals surface area (Å²) in [7, 11) is 1.76. The Labute approximate surface area is 180 Å². The number of halogens is 2. The van der Waals surface area contributed by atoms with Gasteiger partial charge in [0, 0.05) is 37.2 Å². The number of aryl methyl sites for hydroxylation is 2. The molecule has 7 nitrogen and oxygen atoms in total. The van der Waals surface area contributed by atoms with Crippen LogP contribution in [-0.4, -0.2) is 39.3 Å². The summed E-state index contributed by atoms with van der Waals surface area (Å²) in [5.41, 5.74) is 2.03. The minimum absolute atomic E-state index is 0. The molecule has 1 aromatic carbocycles. The summed E-state index contributed by atoms with van der Waals surface area (Å²) in [6, 6.07) is 4.92. The Balaban J connectivity index is 0.00000225. The Morgan fingerprint density at radius 2 is 2.29 bits per heavy atom. The third-order valence-corrected chi connectivity index (χ3v) is 4.93. The molecule has 3 N–H and O–H groups in total. The monoisotopic (exact) mass is 497 g/mol. The predicted octanol–water partition coefficient (Wildman–Crippen LogP) is 3.07. The van der Waals surface area contributed by atoms with Crippen molar-refractivity contribution < 1.29 is 4.39 Å². The predicted molar refractivity (Wildman–Crippen MR) is 119 cm³/mol. The third-order valence-electron chi connectivity index (χ3n) is 4.93. The average molecular weight is 497 g/mol. The number of aliphatic imine (C=N–C) groups is 1. The summed E-state index contributed by atoms with van der Waals surface area (Å²) in [6.45, 7) is 3.53. The van der Waals surface area contributed by atoms with E-state index in [2.05, 4.69) is 30.7 Å². The van der Waals surface area contributed by atoms with Gasteiger partial charge in [0.15, 0.2) is 5.96 Å². The lowest BCUT2D eigenvalue weighted by atomic mass is 10.1. The number of guanidine groups is 1. The third kappa shape index (κ3) is 4.29. The Hall–Kier alpha value is -2.17. The van der Waals surface area contributed by atoms with Gasteiger partial charge in [-0.3, -0.25) is 4.99 Å². The molecule has 2 aromatic heterocycles. The van der Waals surface area contributed by atoms with E-state index in [4.69, 9.17) is 0 Å². The van der Waals surface area contributed by atoms with Gasteiger partial charge in [-0.1, -0.05) is 0 Å². The first-order valence-corrected chi connectivity index (χ1v) is 9.28. The number of rotatable bonds is 4. The van der Waals surface area contributed by atoms with Gasteiger partial charge < -0.3 is 15.6 Å². The molecule has 150 valence electrons. The van der Waals surface area contributed by atoms with Crippen molar-refractivity contribution in [2.24, 2.45) is 4.99 Å². The molecule has 3 aromatic rings. The molecule has 0 spiro atoms. The number of nitrogens with zero attached hydrogens (tertiary/aromatic N) is 4. The molecule has 0 bridgehead atoms. The molecular formula is C19H25FIN7. The molecule has 1 aliphatic heterocycles. The quantitative estimate of drug-likeness (QED) is 0.294. The number of aromatic amines is 1. The largest absolute Gasteiger partial charge is 0.361 e. The Kier molecular flexibility index (Phi) is 6.53. The van der Waals surface area contributed by atoms with E-state index in [0.717, 1.165) is 59.9 Å². The molecule has 0 aliphatic carbocycles. The minimum atomic E-state index is -0.217. The SMILES string of the molecule is CN=C(NCCc1c[nH]c2ccc(F)cc12)NC1CCCn2nc(C)nc21.I. The van der Waals surface area contributed by atoms with Crippen LogP contribution in [0.25, 0.3) is 10.9 Å². The van der Waals surface area contributed by atoms with Crippen LogP contribution in [0.2, 0.25) is 0 Å². The van der Waals surface area contributed by atoms with Crippen molar-refractivity contribution in [1.29, 1.82) is 0 Å². The molecule has 0 radical (unpaired) electrons. The normalized spacial score (nSPS) is 16.5. The van der Waals surface area contributed by atoms with E-state index >= 15 is 0 Å². The lowest BCUT2D eigenvalue weighted by Crippen LogP contribution is -2.42. The summed E-state index contributed by atoms with van der Waals surface area (Å²) < 4.78 is 15.5. The second-order valence-electron chi connectivity index (χ2n) is 6.83. The zero-order chi connectivity index (χ0) is 18.8. The van der Waals surface area contributed by atoms with Gasteiger partial charge in [0.05, 0.1) is 6.04 Å². The first kappa shape index (κ1) is 20.6. The number of H-pyrrole nitrogens is 1. The van der Waals surface area contributed by atoms with Crippen LogP contribution in [0.15, 0.2) is 29.4 Å². The highest BCUT2D eigenvalue weighted by Crippen LogP contribution is 2.23. The standard InChI is InChI=1S/C19H24FN7.HI/c1-12-24-18-17(4-3-9-27(18)26-12)25-19(21-2)22-8-7-13-11-23-16-6-5-14(20)10-15(13)16;/h5-6,10-11,17,23H,3-4,7-9H2,1-2H3,(H2,21,22,25);1H. The van der Waals surface area contributed by atoms with E-state index in [1.807, 2.05) is 17.8 Å².